The first-order chi connectivity index (χ1) is 36.9. The molecule has 0 spiro atoms. The fourth-order valence-corrected chi connectivity index (χ4v) is 11.0. The van der Waals surface area contributed by atoms with Crippen molar-refractivity contribution in [1.29, 1.82) is 5.26 Å². The van der Waals surface area contributed by atoms with Crippen LogP contribution in [0.1, 0.15) is 119 Å². The first-order valence-corrected chi connectivity index (χ1v) is 27.2. The van der Waals surface area contributed by atoms with Crippen molar-refractivity contribution in [1.82, 2.24) is 19.5 Å². The van der Waals surface area contributed by atoms with Crippen molar-refractivity contribution in [2.24, 2.45) is 0 Å². The standard InChI is InChI=1S/C59H73N6O10P/c1-8-9-10-11-12-13-14-15-22-38-61-53(66)42-71-55-54(75-76(73-40-23-37-60)65(43(2)3)44(4)5)51(74-57(55)64-39-36-52(63-58(64)68)62-56(67)45-24-18-16-19-25-45)41-72-59(46-26-20-17-21-27-46,47-28-32-49(69-6)33-29-47)48-30-34-50(70-7)35-31-48/h1,16-21,24-36,39,43-44,51,54-55,57H,9-15,22-23,38,40-42H2,2-7H3,(H,61,66)(H,62,63,67,68)/t51-,54-,55-,57-,76?/m1/s1. The number of nitrogens with zero attached hydrogens (tertiary/aromatic N) is 4. The van der Waals surface area contributed by atoms with Crippen LogP contribution in [0.3, 0.4) is 0 Å². The summed E-state index contributed by atoms with van der Waals surface area (Å²) in [6.07, 6.45) is 10.5. The highest BCUT2D eigenvalue weighted by molar-refractivity contribution is 7.44. The quantitative estimate of drug-likeness (QED) is 0.0185. The summed E-state index contributed by atoms with van der Waals surface area (Å²) in [5.74, 6) is 3.20. The van der Waals surface area contributed by atoms with Gasteiger partial charge in [-0.05, 0) is 99.7 Å². The van der Waals surface area contributed by atoms with Crippen molar-refractivity contribution in [2.45, 2.75) is 128 Å². The lowest BCUT2D eigenvalue weighted by molar-refractivity contribution is -0.132. The van der Waals surface area contributed by atoms with Gasteiger partial charge in [-0.15, -0.1) is 12.3 Å². The summed E-state index contributed by atoms with van der Waals surface area (Å²) >= 11 is 0. The molecule has 1 aliphatic rings. The smallest absolute Gasteiger partial charge is 0.351 e. The lowest BCUT2D eigenvalue weighted by Gasteiger charge is -2.39. The molecule has 1 aliphatic heterocycles. The molecule has 1 fully saturated rings. The first kappa shape index (κ1) is 58.8. The number of hydrogen-bond donors (Lipinski definition) is 2. The number of carbonyl (C=O) groups is 2. The van der Waals surface area contributed by atoms with Crippen molar-refractivity contribution >= 4 is 26.2 Å². The maximum absolute atomic E-state index is 14.3. The first-order valence-electron chi connectivity index (χ1n) is 26.1. The molecule has 4 aromatic carbocycles. The molecule has 1 aromatic heterocycles. The second-order valence-corrected chi connectivity index (χ2v) is 20.3. The Balaban J connectivity index is 1.41. The van der Waals surface area contributed by atoms with E-state index in [-0.39, 0.29) is 43.4 Å². The molecule has 0 radical (unpaired) electrons. The largest absolute Gasteiger partial charge is 0.497 e. The molecular weight excluding hydrogens is 984 g/mol. The van der Waals surface area contributed by atoms with Gasteiger partial charge < -0.3 is 43.4 Å². The Morgan fingerprint density at radius 2 is 1.37 bits per heavy atom. The summed E-state index contributed by atoms with van der Waals surface area (Å²) in [4.78, 5) is 45.5. The Morgan fingerprint density at radius 3 is 1.93 bits per heavy atom. The number of rotatable bonds is 31. The minimum atomic E-state index is -1.96. The van der Waals surface area contributed by atoms with Crippen molar-refractivity contribution < 1.29 is 42.3 Å². The van der Waals surface area contributed by atoms with Crippen LogP contribution in [0.5, 0.6) is 11.5 Å². The minimum Gasteiger partial charge on any atom is -0.497 e. The molecule has 404 valence electrons. The summed E-state index contributed by atoms with van der Waals surface area (Å²) < 4.78 is 49.3. The SMILES string of the molecule is C#CCCCCCCCCCNC(=O)CO[C@@H]1[C@H](OP(OCCC#N)N(C(C)C)C(C)C)[C@@H](COC(c2ccccc2)(c2ccc(OC)cc2)c2ccc(OC)cc2)O[C@H]1n1ccc(NC(=O)c2ccccc2)nc1=O. The fourth-order valence-electron chi connectivity index (χ4n) is 9.19. The predicted molar refractivity (Wildman–Crippen MR) is 294 cm³/mol. The number of nitrogens with one attached hydrogen (secondary N) is 2. The maximum atomic E-state index is 14.3. The molecule has 1 saturated heterocycles. The van der Waals surface area contributed by atoms with E-state index in [4.69, 9.17) is 39.2 Å². The Morgan fingerprint density at radius 1 is 0.789 bits per heavy atom. The van der Waals surface area contributed by atoms with Crippen LogP contribution in [0.15, 0.2) is 126 Å². The van der Waals surface area contributed by atoms with Crippen LogP contribution < -0.4 is 25.8 Å². The second-order valence-electron chi connectivity index (χ2n) is 18.9. The van der Waals surface area contributed by atoms with Crippen LogP contribution in [0.4, 0.5) is 5.82 Å². The molecule has 1 unspecified atom stereocenters. The monoisotopic (exact) mass is 1060 g/mol. The Labute approximate surface area is 449 Å². The summed E-state index contributed by atoms with van der Waals surface area (Å²) in [6.45, 7) is 8.07. The lowest BCUT2D eigenvalue weighted by Crippen LogP contribution is -2.44. The number of benzene rings is 4. The van der Waals surface area contributed by atoms with E-state index in [1.54, 1.807) is 44.6 Å². The molecule has 5 atom stereocenters. The van der Waals surface area contributed by atoms with Crippen molar-refractivity contribution in [2.75, 3.05) is 45.9 Å². The Kier molecular flexibility index (Phi) is 23.5. The molecule has 2 heterocycles. The van der Waals surface area contributed by atoms with Gasteiger partial charge in [-0.25, -0.2) is 9.46 Å². The molecule has 5 aromatic rings. The number of nitriles is 1. The molecule has 16 nitrogen and oxygen atoms in total. The summed E-state index contributed by atoms with van der Waals surface area (Å²) in [5, 5.41) is 15.3. The zero-order chi connectivity index (χ0) is 54.3. The van der Waals surface area contributed by atoms with E-state index in [1.807, 2.05) is 107 Å². The summed E-state index contributed by atoms with van der Waals surface area (Å²) in [6, 6.07) is 37.2. The second kappa shape index (κ2) is 30.3. The fraction of sp³-hybridized carbons (Fsp3) is 0.441. The van der Waals surface area contributed by atoms with Gasteiger partial charge in [-0.1, -0.05) is 105 Å². The highest BCUT2D eigenvalue weighted by Crippen LogP contribution is 2.51. The third-order valence-corrected chi connectivity index (χ3v) is 15.0. The van der Waals surface area contributed by atoms with E-state index in [2.05, 4.69) is 32.3 Å². The van der Waals surface area contributed by atoms with Crippen LogP contribution >= 0.6 is 8.53 Å². The molecular formula is C59H73N6O10P. The van der Waals surface area contributed by atoms with Gasteiger partial charge in [0.25, 0.3) is 14.4 Å². The molecule has 17 heteroatoms. The molecule has 76 heavy (non-hydrogen) atoms. The Bertz CT molecular complexity index is 2640. The van der Waals surface area contributed by atoms with Gasteiger partial charge in [0, 0.05) is 36.8 Å². The van der Waals surface area contributed by atoms with E-state index in [9.17, 15) is 19.6 Å². The van der Waals surface area contributed by atoms with Crippen LogP contribution in [-0.2, 0) is 33.7 Å². The van der Waals surface area contributed by atoms with Gasteiger partial charge in [0.05, 0.1) is 39.9 Å². The van der Waals surface area contributed by atoms with E-state index >= 15 is 0 Å². The number of methoxy groups -OCH3 is 2. The molecule has 0 aliphatic carbocycles. The van der Waals surface area contributed by atoms with Crippen LogP contribution in [0, 0.1) is 23.7 Å². The maximum Gasteiger partial charge on any atom is 0.351 e. The third kappa shape index (κ3) is 16.0. The van der Waals surface area contributed by atoms with Gasteiger partial charge >= 0.3 is 5.69 Å². The zero-order valence-corrected chi connectivity index (χ0v) is 45.5. The average Bonchev–Trinajstić information content (AvgIpc) is 3.77. The van der Waals surface area contributed by atoms with Gasteiger partial charge in [-0.2, -0.15) is 10.2 Å². The number of ether oxygens (including phenoxy) is 5. The molecule has 0 bridgehead atoms. The Hall–Kier alpha value is -6.46. The van der Waals surface area contributed by atoms with Crippen LogP contribution in [0.25, 0.3) is 0 Å². The number of unbranched alkanes of at least 4 members (excludes halogenated alkanes) is 7. The van der Waals surface area contributed by atoms with Gasteiger partial charge in [0.2, 0.25) is 5.91 Å². The number of hydrogen-bond acceptors (Lipinski definition) is 13. The minimum absolute atomic E-state index is 0.0204. The molecule has 2 N–H and O–H groups in total. The molecule has 6 rings (SSSR count). The summed E-state index contributed by atoms with van der Waals surface area (Å²) in [7, 11) is 1.25. The zero-order valence-electron chi connectivity index (χ0n) is 44.6. The van der Waals surface area contributed by atoms with E-state index in [1.165, 1.54) is 16.8 Å². The third-order valence-electron chi connectivity index (χ3n) is 12.9. The lowest BCUT2D eigenvalue weighted by atomic mass is 9.80. The number of carbonyl (C=O) groups excluding carboxylic acids is 2. The average molecular weight is 1060 g/mol. The topological polar surface area (TPSA) is 185 Å². The predicted octanol–water partition coefficient (Wildman–Crippen LogP) is 10.3. The van der Waals surface area contributed by atoms with Gasteiger partial charge in [-0.3, -0.25) is 14.2 Å². The number of terminal acetylenes is 1. The van der Waals surface area contributed by atoms with Crippen LogP contribution in [-0.4, -0.2) is 97.0 Å². The van der Waals surface area contributed by atoms with E-state index in [0.29, 0.717) is 23.6 Å². The van der Waals surface area contributed by atoms with Crippen molar-refractivity contribution in [3.8, 4) is 29.9 Å². The highest BCUT2D eigenvalue weighted by atomic mass is 31.2. The van der Waals surface area contributed by atoms with Crippen LogP contribution in [0.2, 0.25) is 0 Å². The number of amides is 2. The summed E-state index contributed by atoms with van der Waals surface area (Å²) in [5.41, 5.74) is 0.652. The highest BCUT2D eigenvalue weighted by Gasteiger charge is 2.52. The molecule has 0 saturated carbocycles. The molecule has 2 amide bonds. The van der Waals surface area contributed by atoms with E-state index in [0.717, 1.165) is 68.1 Å². The van der Waals surface area contributed by atoms with Gasteiger partial charge in [0.1, 0.15) is 47.8 Å². The van der Waals surface area contributed by atoms with Gasteiger partial charge in [0.15, 0.2) is 6.23 Å². The normalized spacial score (nSPS) is 16.8. The van der Waals surface area contributed by atoms with E-state index < -0.39 is 56.9 Å². The van der Waals surface area contributed by atoms with Crippen molar-refractivity contribution in [3.05, 3.63) is 154 Å². The van der Waals surface area contributed by atoms with Crippen molar-refractivity contribution in [3.63, 3.8) is 0 Å². The number of anilines is 1. The number of aromatic nitrogens is 2.